The van der Waals surface area contributed by atoms with Crippen molar-refractivity contribution in [2.45, 2.75) is 12.2 Å². The summed E-state index contributed by atoms with van der Waals surface area (Å²) in [6.45, 7) is 0. The predicted molar refractivity (Wildman–Crippen MR) is 96.8 cm³/mol. The van der Waals surface area contributed by atoms with Gasteiger partial charge in [0.15, 0.2) is 11.5 Å². The van der Waals surface area contributed by atoms with E-state index >= 15 is 0 Å². The Labute approximate surface area is 164 Å². The molecule has 0 radical (unpaired) electrons. The summed E-state index contributed by atoms with van der Waals surface area (Å²) in [5.41, 5.74) is 0.761. The Bertz CT molecular complexity index is 1020. The predicted octanol–water partition coefficient (Wildman–Crippen LogP) is 3.67. The second kappa shape index (κ2) is 6.03. The van der Waals surface area contributed by atoms with E-state index in [4.69, 9.17) is 0 Å². The molecule has 1 amide bonds. The Morgan fingerprint density at radius 2 is 1.86 bits per heavy atom. The minimum Gasteiger partial charge on any atom is -0.395 e. The topological polar surface area (TPSA) is 79.9 Å². The van der Waals surface area contributed by atoms with Crippen LogP contribution in [0.15, 0.2) is 36.4 Å². The SMILES string of the molecule is CN1c2cccc(NC(=O)c3ccc4c(c3)OC(F)(F)O4)c2NC1(F)C(=O)Br. The van der Waals surface area contributed by atoms with Gasteiger partial charge >= 0.3 is 12.2 Å². The van der Waals surface area contributed by atoms with Crippen LogP contribution in [0.5, 0.6) is 11.5 Å². The number of benzene rings is 2. The molecular weight excluding hydrogens is 447 g/mol. The van der Waals surface area contributed by atoms with Crippen molar-refractivity contribution in [2.75, 3.05) is 22.6 Å². The number of para-hydroxylation sites is 1. The molecule has 146 valence electrons. The van der Waals surface area contributed by atoms with E-state index in [0.29, 0.717) is 5.69 Å². The van der Waals surface area contributed by atoms with E-state index in [1.54, 1.807) is 12.1 Å². The molecule has 1 unspecified atom stereocenters. The first-order chi connectivity index (χ1) is 13.1. The Morgan fingerprint density at radius 1 is 1.14 bits per heavy atom. The lowest BCUT2D eigenvalue weighted by molar-refractivity contribution is -0.286. The van der Waals surface area contributed by atoms with Gasteiger partial charge in [-0.05, 0) is 30.3 Å². The molecule has 1 atom stereocenters. The number of carbonyl (C=O) groups is 2. The number of amides is 1. The summed E-state index contributed by atoms with van der Waals surface area (Å²) in [5, 5.41) is 5.00. The normalized spacial score (nSPS) is 21.1. The molecule has 0 aliphatic carbocycles. The van der Waals surface area contributed by atoms with Crippen LogP contribution in [0.4, 0.5) is 30.2 Å². The number of carbonyl (C=O) groups excluding carboxylic acids is 2. The van der Waals surface area contributed by atoms with Gasteiger partial charge in [0.1, 0.15) is 0 Å². The van der Waals surface area contributed by atoms with Gasteiger partial charge in [0.05, 0.1) is 17.1 Å². The number of fused-ring (bicyclic) bond motifs is 2. The lowest BCUT2D eigenvalue weighted by Crippen LogP contribution is -2.49. The highest BCUT2D eigenvalue weighted by Crippen LogP contribution is 2.45. The Kier molecular flexibility index (Phi) is 3.96. The molecule has 0 bridgehead atoms. The molecule has 2 aromatic carbocycles. The summed E-state index contributed by atoms with van der Waals surface area (Å²) in [7, 11) is 1.38. The van der Waals surface area contributed by atoms with E-state index < -0.39 is 22.8 Å². The highest BCUT2D eigenvalue weighted by atomic mass is 79.9. The molecule has 0 spiro atoms. The highest BCUT2D eigenvalue weighted by molar-refractivity contribution is 9.18. The van der Waals surface area contributed by atoms with Crippen molar-refractivity contribution in [1.82, 2.24) is 0 Å². The Hall–Kier alpha value is -2.95. The average Bonchev–Trinajstić information content (AvgIpc) is 3.08. The largest absolute Gasteiger partial charge is 0.586 e. The third-order valence-corrected chi connectivity index (χ3v) is 4.85. The minimum absolute atomic E-state index is 0.0204. The summed E-state index contributed by atoms with van der Waals surface area (Å²) in [4.78, 5) is 25.3. The fourth-order valence-corrected chi connectivity index (χ4v) is 3.30. The number of alkyl halides is 3. The lowest BCUT2D eigenvalue weighted by Gasteiger charge is -2.25. The van der Waals surface area contributed by atoms with E-state index in [9.17, 15) is 22.8 Å². The molecule has 11 heteroatoms. The van der Waals surface area contributed by atoms with Crippen molar-refractivity contribution < 1.29 is 32.2 Å². The monoisotopic (exact) mass is 457 g/mol. The minimum atomic E-state index is -3.79. The van der Waals surface area contributed by atoms with Crippen LogP contribution >= 0.6 is 15.9 Å². The van der Waals surface area contributed by atoms with Crippen LogP contribution in [-0.2, 0) is 4.79 Å². The molecule has 0 saturated heterocycles. The smallest absolute Gasteiger partial charge is 0.395 e. The Balaban J connectivity index is 1.61. The van der Waals surface area contributed by atoms with Gasteiger partial charge in [-0.1, -0.05) is 6.07 Å². The number of hydrogen-bond donors (Lipinski definition) is 2. The Morgan fingerprint density at radius 3 is 2.57 bits per heavy atom. The first-order valence-electron chi connectivity index (χ1n) is 7.86. The van der Waals surface area contributed by atoms with Gasteiger partial charge in [0, 0.05) is 28.5 Å². The van der Waals surface area contributed by atoms with Crippen molar-refractivity contribution in [1.29, 1.82) is 0 Å². The first kappa shape index (κ1) is 18.4. The van der Waals surface area contributed by atoms with Gasteiger partial charge in [-0.3, -0.25) is 9.59 Å². The number of nitrogens with zero attached hydrogens (tertiary/aromatic N) is 1. The summed E-state index contributed by atoms with van der Waals surface area (Å²) in [5.74, 6) is -3.64. The number of ether oxygens (including phenoxy) is 2. The maximum absolute atomic E-state index is 14.9. The van der Waals surface area contributed by atoms with Crippen LogP contribution in [0.1, 0.15) is 10.4 Å². The fourth-order valence-electron chi connectivity index (χ4n) is 2.94. The average molecular weight is 458 g/mol. The molecule has 4 rings (SSSR count). The van der Waals surface area contributed by atoms with Crippen LogP contribution < -0.4 is 25.0 Å². The molecule has 2 heterocycles. The molecule has 2 aliphatic rings. The van der Waals surface area contributed by atoms with Crippen molar-refractivity contribution in [3.8, 4) is 11.5 Å². The second-order valence-electron chi connectivity index (χ2n) is 6.06. The molecule has 2 aromatic rings. The van der Waals surface area contributed by atoms with Crippen LogP contribution in [-0.4, -0.2) is 29.9 Å². The number of anilines is 3. The van der Waals surface area contributed by atoms with E-state index in [1.807, 2.05) is 0 Å². The number of likely N-dealkylation sites (N-methyl/N-ethyl adjacent to an activating group) is 1. The molecule has 7 nitrogen and oxygen atoms in total. The number of halogens is 4. The van der Waals surface area contributed by atoms with E-state index in [-0.39, 0.29) is 28.4 Å². The standard InChI is InChI=1S/C17H11BrF3N3O4/c1-24-10-4-2-3-9(13(10)23-16(24,19)15(18)26)22-14(25)8-5-6-11-12(7-8)28-17(20,21)27-11/h2-7,23H,1H3,(H,22,25). The molecule has 0 saturated carbocycles. The van der Waals surface area contributed by atoms with E-state index in [0.717, 1.165) is 11.0 Å². The maximum atomic E-state index is 14.9. The van der Waals surface area contributed by atoms with Crippen LogP contribution in [0, 0.1) is 0 Å². The van der Waals surface area contributed by atoms with Crippen LogP contribution in [0.25, 0.3) is 0 Å². The maximum Gasteiger partial charge on any atom is 0.586 e. The van der Waals surface area contributed by atoms with Crippen molar-refractivity contribution in [3.05, 3.63) is 42.0 Å². The summed E-state index contributed by atoms with van der Waals surface area (Å²) in [6, 6.07) is 8.21. The van der Waals surface area contributed by atoms with Crippen molar-refractivity contribution >= 4 is 43.6 Å². The third kappa shape index (κ3) is 2.82. The molecule has 2 aliphatic heterocycles. The zero-order chi connectivity index (χ0) is 20.3. The zero-order valence-corrected chi connectivity index (χ0v) is 15.6. The van der Waals surface area contributed by atoms with Crippen LogP contribution in [0.2, 0.25) is 0 Å². The van der Waals surface area contributed by atoms with Crippen molar-refractivity contribution in [2.24, 2.45) is 0 Å². The molecule has 2 N–H and O–H groups in total. The summed E-state index contributed by atoms with van der Waals surface area (Å²) in [6.07, 6.45) is -3.79. The third-order valence-electron chi connectivity index (χ3n) is 4.33. The second-order valence-corrected chi connectivity index (χ2v) is 6.78. The molecule has 0 fully saturated rings. The highest BCUT2D eigenvalue weighted by Gasteiger charge is 2.48. The summed E-state index contributed by atoms with van der Waals surface area (Å²) < 4.78 is 48.8. The molecule has 0 aromatic heterocycles. The lowest BCUT2D eigenvalue weighted by atomic mass is 10.1. The van der Waals surface area contributed by atoms with Crippen LogP contribution in [0.3, 0.4) is 0 Å². The van der Waals surface area contributed by atoms with Gasteiger partial charge in [-0.15, -0.1) is 8.78 Å². The van der Waals surface area contributed by atoms with E-state index in [1.165, 1.54) is 25.2 Å². The first-order valence-corrected chi connectivity index (χ1v) is 8.65. The van der Waals surface area contributed by atoms with Gasteiger partial charge in [0.25, 0.3) is 10.6 Å². The number of nitrogens with one attached hydrogen (secondary N) is 2. The number of rotatable bonds is 3. The van der Waals surface area contributed by atoms with Gasteiger partial charge in [-0.2, -0.15) is 4.39 Å². The molecular formula is C17H11BrF3N3O4. The van der Waals surface area contributed by atoms with Gasteiger partial charge in [-0.25, -0.2) is 0 Å². The van der Waals surface area contributed by atoms with Crippen molar-refractivity contribution in [3.63, 3.8) is 0 Å². The fraction of sp³-hybridized carbons (Fsp3) is 0.176. The number of hydrogen-bond acceptors (Lipinski definition) is 6. The van der Waals surface area contributed by atoms with E-state index in [2.05, 4.69) is 36.0 Å². The van der Waals surface area contributed by atoms with Gasteiger partial charge < -0.3 is 25.0 Å². The molecule has 28 heavy (non-hydrogen) atoms. The van der Waals surface area contributed by atoms with Gasteiger partial charge in [0.2, 0.25) is 0 Å². The zero-order valence-electron chi connectivity index (χ0n) is 14.1. The summed E-state index contributed by atoms with van der Waals surface area (Å²) >= 11 is 2.61. The quantitative estimate of drug-likeness (QED) is 0.540.